The number of nitrogens with one attached hydrogen (secondary N) is 2. The van der Waals surface area contributed by atoms with E-state index in [-0.39, 0.29) is 43.9 Å². The van der Waals surface area contributed by atoms with E-state index in [1.54, 1.807) is 6.07 Å². The summed E-state index contributed by atoms with van der Waals surface area (Å²) in [4.78, 5) is 32.0. The first-order valence-corrected chi connectivity index (χ1v) is 11.5. The monoisotopic (exact) mass is 497 g/mol. The van der Waals surface area contributed by atoms with Crippen LogP contribution in [-0.2, 0) is 23.2 Å². The molecule has 0 aliphatic heterocycles. The lowest BCUT2D eigenvalue weighted by Gasteiger charge is -2.12. The van der Waals surface area contributed by atoms with Gasteiger partial charge < -0.3 is 21.3 Å². The van der Waals surface area contributed by atoms with Crippen LogP contribution < -0.4 is 15.8 Å². The van der Waals surface area contributed by atoms with Crippen molar-refractivity contribution in [2.24, 2.45) is 5.73 Å². The first kappa shape index (κ1) is 23.6. The molecule has 0 atom stereocenters. The van der Waals surface area contributed by atoms with Gasteiger partial charge in [-0.1, -0.05) is 23.7 Å². The average Bonchev–Trinajstić information content (AvgIpc) is 3.20. The first-order chi connectivity index (χ1) is 15.2. The molecule has 0 fully saturated rings. The number of aliphatic hydroxyl groups excluding tert-OH is 2. The van der Waals surface area contributed by atoms with Crippen molar-refractivity contribution in [1.82, 2.24) is 14.7 Å². The molecule has 3 amide bonds. The van der Waals surface area contributed by atoms with Gasteiger partial charge in [-0.25, -0.2) is 27.9 Å². The zero-order chi connectivity index (χ0) is 23.5. The van der Waals surface area contributed by atoms with Gasteiger partial charge >= 0.3 is 6.03 Å². The number of rotatable bonds is 7. The van der Waals surface area contributed by atoms with Gasteiger partial charge in [-0.2, -0.15) is 0 Å². The number of amides is 3. The molecule has 0 unspecified atom stereocenters. The second-order valence-electron chi connectivity index (χ2n) is 6.19. The number of anilines is 1. The predicted molar refractivity (Wildman–Crippen MR) is 117 cm³/mol. The highest BCUT2D eigenvalue weighted by molar-refractivity contribution is 7.90. The molecule has 0 saturated carbocycles. The summed E-state index contributed by atoms with van der Waals surface area (Å²) in [5.41, 5.74) is 5.37. The molecule has 0 bridgehead atoms. The highest BCUT2D eigenvalue weighted by Crippen LogP contribution is 2.31. The summed E-state index contributed by atoms with van der Waals surface area (Å²) in [6, 6.07) is 4.54. The van der Waals surface area contributed by atoms with Gasteiger partial charge in [0.2, 0.25) is 0 Å². The molecule has 0 spiro atoms. The number of benzene rings is 1. The predicted octanol–water partition coefficient (Wildman–Crippen LogP) is 1.45. The van der Waals surface area contributed by atoms with E-state index in [1.165, 1.54) is 29.0 Å². The minimum absolute atomic E-state index is 0.0166. The number of carbonyl (C=O) groups is 2. The molecule has 1 aromatic carbocycles. The number of aliphatic hydroxyl groups is 2. The van der Waals surface area contributed by atoms with Crippen LogP contribution in [-0.4, -0.2) is 40.5 Å². The molecule has 2 heterocycles. The average molecular weight is 498 g/mol. The summed E-state index contributed by atoms with van der Waals surface area (Å²) < 4.78 is 26.7. The van der Waals surface area contributed by atoms with Gasteiger partial charge in [-0.15, -0.1) is 11.3 Å². The molecule has 0 saturated heterocycles. The SMILES string of the molecule is NC(=O)c1nc(-c2cscc2NC(=O)NS(=O)(=O)c2ccccc2Cl)nc(CO)c1CO. The van der Waals surface area contributed by atoms with Crippen molar-refractivity contribution in [2.45, 2.75) is 18.1 Å². The van der Waals surface area contributed by atoms with Gasteiger partial charge in [0.05, 0.1) is 35.2 Å². The van der Waals surface area contributed by atoms with Crippen LogP contribution in [0.5, 0.6) is 0 Å². The maximum atomic E-state index is 12.4. The molecule has 0 radical (unpaired) electrons. The molecule has 0 aliphatic carbocycles. The van der Waals surface area contributed by atoms with E-state index in [9.17, 15) is 28.2 Å². The standard InChI is InChI=1S/C18H16ClN5O6S2/c19-11-3-1-2-4-14(11)32(29,30)24-18(28)22-13-8-31-7-10(13)17-21-12(6-26)9(5-25)15(23-17)16(20)27/h1-4,7-8,25-26H,5-6H2,(H2,20,27)(H2,22,24,28). The first-order valence-electron chi connectivity index (χ1n) is 8.74. The Kier molecular flexibility index (Phi) is 7.06. The Hall–Kier alpha value is -3.10. The van der Waals surface area contributed by atoms with Gasteiger partial charge in [0.1, 0.15) is 10.6 Å². The van der Waals surface area contributed by atoms with Crippen molar-refractivity contribution in [2.75, 3.05) is 5.32 Å². The smallest absolute Gasteiger partial charge is 0.333 e. The van der Waals surface area contributed by atoms with E-state index in [0.29, 0.717) is 0 Å². The van der Waals surface area contributed by atoms with Gasteiger partial charge in [0.25, 0.3) is 15.9 Å². The Morgan fingerprint density at radius 2 is 1.84 bits per heavy atom. The number of sulfonamides is 1. The number of halogens is 1. The Labute approximate surface area is 191 Å². The van der Waals surface area contributed by atoms with Crippen LogP contribution in [0.1, 0.15) is 21.7 Å². The third kappa shape index (κ3) is 4.87. The molecule has 32 heavy (non-hydrogen) atoms. The van der Waals surface area contributed by atoms with E-state index in [2.05, 4.69) is 15.3 Å². The lowest BCUT2D eigenvalue weighted by molar-refractivity contribution is 0.0991. The summed E-state index contributed by atoms with van der Waals surface area (Å²) in [6.07, 6.45) is 0. The number of nitrogens with two attached hydrogens (primary N) is 1. The second kappa shape index (κ2) is 9.58. The number of hydrogen-bond donors (Lipinski definition) is 5. The second-order valence-corrected chi connectivity index (χ2v) is 8.99. The highest BCUT2D eigenvalue weighted by atomic mass is 35.5. The van der Waals surface area contributed by atoms with E-state index in [1.807, 2.05) is 4.72 Å². The summed E-state index contributed by atoms with van der Waals surface area (Å²) in [5, 5.41) is 24.4. The third-order valence-corrected chi connectivity index (χ3v) is 6.71. The van der Waals surface area contributed by atoms with Crippen LogP contribution in [0.4, 0.5) is 10.5 Å². The summed E-state index contributed by atoms with van der Waals surface area (Å²) in [5.74, 6) is -1.01. The molecule has 168 valence electrons. The van der Waals surface area contributed by atoms with Crippen molar-refractivity contribution in [3.63, 3.8) is 0 Å². The topological polar surface area (TPSA) is 185 Å². The fourth-order valence-corrected chi connectivity index (χ4v) is 4.89. The number of nitrogens with zero attached hydrogens (tertiary/aromatic N) is 2. The van der Waals surface area contributed by atoms with Crippen LogP contribution in [0.25, 0.3) is 11.4 Å². The third-order valence-electron chi connectivity index (χ3n) is 4.14. The largest absolute Gasteiger partial charge is 0.392 e. The van der Waals surface area contributed by atoms with Gasteiger partial charge in [-0.05, 0) is 12.1 Å². The van der Waals surface area contributed by atoms with Gasteiger partial charge in [-0.3, -0.25) is 4.79 Å². The summed E-state index contributed by atoms with van der Waals surface area (Å²) in [7, 11) is -4.25. The van der Waals surface area contributed by atoms with E-state index >= 15 is 0 Å². The van der Waals surface area contributed by atoms with Gasteiger partial charge in [0.15, 0.2) is 5.82 Å². The van der Waals surface area contributed by atoms with Crippen molar-refractivity contribution in [1.29, 1.82) is 0 Å². The minimum Gasteiger partial charge on any atom is -0.392 e. The zero-order valence-corrected chi connectivity index (χ0v) is 18.5. The lowest BCUT2D eigenvalue weighted by Crippen LogP contribution is -2.34. The normalized spacial score (nSPS) is 11.2. The number of hydrogen-bond acceptors (Lipinski definition) is 9. The van der Waals surface area contributed by atoms with Crippen LogP contribution >= 0.6 is 22.9 Å². The summed E-state index contributed by atoms with van der Waals surface area (Å²) in [6.45, 7) is -1.22. The van der Waals surface area contributed by atoms with Crippen LogP contribution in [0.15, 0.2) is 39.9 Å². The maximum absolute atomic E-state index is 12.4. The minimum atomic E-state index is -4.25. The van der Waals surface area contributed by atoms with E-state index in [0.717, 1.165) is 11.3 Å². The maximum Gasteiger partial charge on any atom is 0.333 e. The number of primary amides is 1. The highest BCUT2D eigenvalue weighted by Gasteiger charge is 2.23. The van der Waals surface area contributed by atoms with Crippen LogP contribution in [0, 0.1) is 0 Å². The number of aromatic nitrogens is 2. The fourth-order valence-electron chi connectivity index (χ4n) is 2.71. The molecule has 2 aromatic heterocycles. The van der Waals surface area contributed by atoms with E-state index in [4.69, 9.17) is 17.3 Å². The molecular formula is C18H16ClN5O6S2. The Morgan fingerprint density at radius 1 is 1.12 bits per heavy atom. The molecule has 0 aliphatic rings. The fraction of sp³-hybridized carbons (Fsp3) is 0.111. The van der Waals surface area contributed by atoms with Crippen molar-refractivity contribution < 1.29 is 28.2 Å². The molecule has 14 heteroatoms. The Balaban J connectivity index is 1.91. The summed E-state index contributed by atoms with van der Waals surface area (Å²) >= 11 is 7.03. The molecule has 6 N–H and O–H groups in total. The van der Waals surface area contributed by atoms with Crippen molar-refractivity contribution in [3.05, 3.63) is 57.0 Å². The van der Waals surface area contributed by atoms with E-state index < -0.39 is 35.2 Å². The number of thiophene rings is 1. The molecule has 11 nitrogen and oxygen atoms in total. The molecular weight excluding hydrogens is 482 g/mol. The zero-order valence-electron chi connectivity index (χ0n) is 16.1. The quantitative estimate of drug-likeness (QED) is 0.324. The van der Waals surface area contributed by atoms with Crippen molar-refractivity contribution in [3.8, 4) is 11.4 Å². The van der Waals surface area contributed by atoms with Crippen LogP contribution in [0.3, 0.4) is 0 Å². The van der Waals surface area contributed by atoms with Gasteiger partial charge in [0, 0.05) is 16.3 Å². The molecule has 3 rings (SSSR count). The van der Waals surface area contributed by atoms with Crippen molar-refractivity contribution >= 4 is 50.6 Å². The number of carbonyl (C=O) groups excluding carboxylic acids is 2. The number of urea groups is 1. The Bertz CT molecular complexity index is 1290. The lowest BCUT2D eigenvalue weighted by atomic mass is 10.1. The molecule has 3 aromatic rings. The van der Waals surface area contributed by atoms with Crippen LogP contribution in [0.2, 0.25) is 5.02 Å². The Morgan fingerprint density at radius 3 is 2.47 bits per heavy atom.